The van der Waals surface area contributed by atoms with Gasteiger partial charge in [0.15, 0.2) is 0 Å². The van der Waals surface area contributed by atoms with E-state index in [9.17, 15) is 0 Å². The molecule has 2 nitrogen and oxygen atoms in total. The number of hydrogen-bond acceptors (Lipinski definition) is 2. The minimum absolute atomic E-state index is 0.497. The van der Waals surface area contributed by atoms with Crippen molar-refractivity contribution < 1.29 is 0 Å². The number of aromatic nitrogens is 1. The fourth-order valence-electron chi connectivity index (χ4n) is 9.28. The van der Waals surface area contributed by atoms with Crippen molar-refractivity contribution in [3.05, 3.63) is 229 Å². The van der Waals surface area contributed by atoms with E-state index in [4.69, 9.17) is 4.98 Å². The number of nitrogens with zero attached hydrogens (tertiary/aromatic N) is 2. The van der Waals surface area contributed by atoms with Gasteiger partial charge >= 0.3 is 0 Å². The van der Waals surface area contributed by atoms with Gasteiger partial charge < -0.3 is 4.90 Å². The van der Waals surface area contributed by atoms with Crippen LogP contribution in [-0.2, 0) is 5.41 Å². The first-order chi connectivity index (χ1) is 26.8. The second-order valence-electron chi connectivity index (χ2n) is 14.3. The molecule has 54 heavy (non-hydrogen) atoms. The Morgan fingerprint density at radius 1 is 0.352 bits per heavy atom. The van der Waals surface area contributed by atoms with Crippen LogP contribution in [0.4, 0.5) is 17.1 Å². The minimum atomic E-state index is -0.497. The van der Waals surface area contributed by atoms with Gasteiger partial charge in [-0.25, -0.2) is 0 Å². The highest BCUT2D eigenvalue weighted by molar-refractivity contribution is 5.98. The molecule has 0 radical (unpaired) electrons. The molecule has 9 aromatic rings. The third kappa shape index (κ3) is 4.38. The Bertz CT molecular complexity index is 2840. The zero-order valence-electron chi connectivity index (χ0n) is 29.5. The Morgan fingerprint density at radius 3 is 1.59 bits per heavy atom. The molecular weight excluding hydrogens is 653 g/mol. The summed E-state index contributed by atoms with van der Waals surface area (Å²) in [5, 5.41) is 1.15. The molecule has 0 fully saturated rings. The number of fused-ring (bicyclic) bond motifs is 10. The van der Waals surface area contributed by atoms with Crippen molar-refractivity contribution in [3.63, 3.8) is 0 Å². The predicted molar refractivity (Wildman–Crippen MR) is 224 cm³/mol. The molecule has 0 bridgehead atoms. The monoisotopic (exact) mass is 686 g/mol. The van der Waals surface area contributed by atoms with Crippen LogP contribution in [0.25, 0.3) is 55.4 Å². The van der Waals surface area contributed by atoms with Crippen LogP contribution in [0, 0.1) is 0 Å². The third-order valence-corrected chi connectivity index (χ3v) is 11.5. The second kappa shape index (κ2) is 12.0. The lowest BCUT2D eigenvalue weighted by molar-refractivity contribution is 0.753. The number of para-hydroxylation sites is 4. The van der Waals surface area contributed by atoms with Gasteiger partial charge in [-0.1, -0.05) is 164 Å². The normalized spacial score (nSPS) is 13.3. The Kier molecular flexibility index (Phi) is 6.80. The highest BCUT2D eigenvalue weighted by Gasteiger charge is 2.51. The zero-order valence-corrected chi connectivity index (χ0v) is 29.5. The molecule has 2 aliphatic rings. The first-order valence-electron chi connectivity index (χ1n) is 18.6. The molecule has 8 aromatic carbocycles. The van der Waals surface area contributed by atoms with E-state index in [0.29, 0.717) is 0 Å². The molecule has 0 saturated heterocycles. The fourth-order valence-corrected chi connectivity index (χ4v) is 9.28. The minimum Gasteiger partial charge on any atom is -0.310 e. The van der Waals surface area contributed by atoms with Crippen LogP contribution in [0.1, 0.15) is 22.3 Å². The van der Waals surface area contributed by atoms with Crippen molar-refractivity contribution in [1.82, 2.24) is 4.98 Å². The SMILES string of the molecule is c1ccc(N2c3ccccc3C3(c4ccccc4-c4ccc(-c5ccccc5-c5ccc(-c6cccc7cccnc67)cc5)cc43)c3ccccc32)cc1. The molecule has 2 heterocycles. The van der Waals surface area contributed by atoms with Gasteiger partial charge in [0.05, 0.1) is 22.3 Å². The molecule has 2 heteroatoms. The van der Waals surface area contributed by atoms with Crippen molar-refractivity contribution >= 4 is 28.0 Å². The number of pyridine rings is 1. The molecule has 252 valence electrons. The van der Waals surface area contributed by atoms with Crippen LogP contribution in [0.3, 0.4) is 0 Å². The highest BCUT2D eigenvalue weighted by Crippen LogP contribution is 2.63. The van der Waals surface area contributed by atoms with Crippen molar-refractivity contribution in [2.45, 2.75) is 5.41 Å². The van der Waals surface area contributed by atoms with Gasteiger partial charge in [0.25, 0.3) is 0 Å². The van der Waals surface area contributed by atoms with E-state index in [-0.39, 0.29) is 0 Å². The van der Waals surface area contributed by atoms with E-state index in [1.807, 2.05) is 12.3 Å². The molecule has 0 saturated carbocycles. The maximum atomic E-state index is 4.72. The molecule has 0 unspecified atom stereocenters. The van der Waals surface area contributed by atoms with E-state index < -0.39 is 5.41 Å². The van der Waals surface area contributed by atoms with E-state index >= 15 is 0 Å². The van der Waals surface area contributed by atoms with Crippen molar-refractivity contribution in [1.29, 1.82) is 0 Å². The van der Waals surface area contributed by atoms with E-state index in [0.717, 1.165) is 27.7 Å². The first-order valence-corrected chi connectivity index (χ1v) is 18.6. The smallest absolute Gasteiger partial charge is 0.0780 e. The second-order valence-corrected chi connectivity index (χ2v) is 14.3. The Labute approximate surface area is 315 Å². The van der Waals surface area contributed by atoms with Gasteiger partial charge in [-0.05, 0) is 97.6 Å². The summed E-state index contributed by atoms with van der Waals surface area (Å²) in [5.41, 5.74) is 19.1. The van der Waals surface area contributed by atoms with Crippen molar-refractivity contribution in [2.24, 2.45) is 0 Å². The standard InChI is InChI=1S/C52H34N2/c1-2-16-39(17-3-1)54-49-25-10-8-23-46(49)52(47-24-9-11-26-50(47)54)45-22-7-6-20-43(45)44-32-31-38(34-48(44)52)41-19-5-4-18-40(41)35-27-29-36(30-28-35)42-21-12-14-37-15-13-33-53-51(37)42/h1-34H. The fraction of sp³-hybridized carbons (Fsp3) is 0.0192. The van der Waals surface area contributed by atoms with Gasteiger partial charge in [-0.2, -0.15) is 0 Å². The van der Waals surface area contributed by atoms with Gasteiger partial charge in [-0.15, -0.1) is 0 Å². The van der Waals surface area contributed by atoms with Crippen LogP contribution >= 0.6 is 0 Å². The summed E-state index contributed by atoms with van der Waals surface area (Å²) in [4.78, 5) is 7.15. The van der Waals surface area contributed by atoms with E-state index in [2.05, 4.69) is 199 Å². The quantitative estimate of drug-likeness (QED) is 0.183. The number of rotatable bonds is 4. The van der Waals surface area contributed by atoms with Gasteiger partial charge in [0, 0.05) is 22.8 Å². The highest BCUT2D eigenvalue weighted by atomic mass is 15.2. The first kappa shape index (κ1) is 30.6. The molecule has 0 amide bonds. The molecule has 0 N–H and O–H groups in total. The van der Waals surface area contributed by atoms with Gasteiger partial charge in [-0.3, -0.25) is 4.98 Å². The van der Waals surface area contributed by atoms with Crippen LogP contribution in [-0.4, -0.2) is 4.98 Å². The Balaban J connectivity index is 1.10. The van der Waals surface area contributed by atoms with Crippen LogP contribution < -0.4 is 4.90 Å². The summed E-state index contributed by atoms with van der Waals surface area (Å²) in [6.07, 6.45) is 1.87. The topological polar surface area (TPSA) is 16.1 Å². The lowest BCUT2D eigenvalue weighted by atomic mass is 9.64. The van der Waals surface area contributed by atoms with E-state index in [1.165, 1.54) is 67.0 Å². The van der Waals surface area contributed by atoms with Crippen LogP contribution in [0.15, 0.2) is 206 Å². The largest absolute Gasteiger partial charge is 0.310 e. The summed E-state index contributed by atoms with van der Waals surface area (Å²) in [7, 11) is 0. The van der Waals surface area contributed by atoms with Gasteiger partial charge in [0.1, 0.15) is 0 Å². The average Bonchev–Trinajstić information content (AvgIpc) is 3.54. The molecule has 0 atom stereocenters. The molecular formula is C52H34N2. The maximum Gasteiger partial charge on any atom is 0.0780 e. The Morgan fingerprint density at radius 2 is 0.870 bits per heavy atom. The summed E-state index contributed by atoms with van der Waals surface area (Å²) in [6.45, 7) is 0. The third-order valence-electron chi connectivity index (χ3n) is 11.5. The maximum absolute atomic E-state index is 4.72. The number of hydrogen-bond donors (Lipinski definition) is 0. The van der Waals surface area contributed by atoms with Crippen molar-refractivity contribution in [2.75, 3.05) is 4.90 Å². The number of benzene rings is 8. The summed E-state index contributed by atoms with van der Waals surface area (Å²) in [6, 6.07) is 73.3. The summed E-state index contributed by atoms with van der Waals surface area (Å²) < 4.78 is 0. The lowest BCUT2D eigenvalue weighted by Crippen LogP contribution is -2.36. The van der Waals surface area contributed by atoms with E-state index in [1.54, 1.807) is 0 Å². The molecule has 1 aliphatic carbocycles. The molecule has 11 rings (SSSR count). The lowest BCUT2D eigenvalue weighted by Gasteiger charge is -2.45. The molecule has 1 aliphatic heterocycles. The summed E-state index contributed by atoms with van der Waals surface area (Å²) in [5.74, 6) is 0. The Hall–Kier alpha value is -7.03. The summed E-state index contributed by atoms with van der Waals surface area (Å²) >= 11 is 0. The van der Waals surface area contributed by atoms with Crippen molar-refractivity contribution in [3.8, 4) is 44.5 Å². The predicted octanol–water partition coefficient (Wildman–Crippen LogP) is 13.4. The average molecular weight is 687 g/mol. The van der Waals surface area contributed by atoms with Gasteiger partial charge in [0.2, 0.25) is 0 Å². The molecule has 1 spiro atoms. The number of anilines is 3. The van der Waals surface area contributed by atoms with Crippen LogP contribution in [0.2, 0.25) is 0 Å². The van der Waals surface area contributed by atoms with Crippen LogP contribution in [0.5, 0.6) is 0 Å². The molecule has 1 aromatic heterocycles. The zero-order chi connectivity index (χ0) is 35.6.